The van der Waals surface area contributed by atoms with Crippen LogP contribution < -0.4 is 11.1 Å². The summed E-state index contributed by atoms with van der Waals surface area (Å²) < 4.78 is 1.65. The molecule has 1 fully saturated rings. The molecule has 0 spiro atoms. The van der Waals surface area contributed by atoms with E-state index in [1.807, 2.05) is 7.05 Å². The van der Waals surface area contributed by atoms with Gasteiger partial charge in [0.2, 0.25) is 5.91 Å². The molecular weight excluding hydrogens is 240 g/mol. The zero-order valence-corrected chi connectivity index (χ0v) is 10.8. The summed E-state index contributed by atoms with van der Waals surface area (Å²) in [5.41, 5.74) is 6.14. The number of nitrogens with zero attached hydrogens (tertiary/aromatic N) is 2. The number of amides is 1. The van der Waals surface area contributed by atoms with Crippen LogP contribution in [0.2, 0.25) is 0 Å². The number of anilines is 1. The lowest BCUT2D eigenvalue weighted by atomic mass is 9.82. The van der Waals surface area contributed by atoms with Crippen LogP contribution in [0.25, 0.3) is 0 Å². The Hall–Kier alpha value is -1.07. The van der Waals surface area contributed by atoms with Gasteiger partial charge in [0.1, 0.15) is 0 Å². The number of nitrogens with one attached hydrogen (secondary N) is 1. The van der Waals surface area contributed by atoms with E-state index >= 15 is 0 Å². The van der Waals surface area contributed by atoms with E-state index in [-0.39, 0.29) is 18.3 Å². The molecular formula is C11H19ClN4O. The Kier molecular flexibility index (Phi) is 4.54. The first-order valence-corrected chi connectivity index (χ1v) is 5.69. The average molecular weight is 259 g/mol. The molecule has 17 heavy (non-hydrogen) atoms. The molecule has 0 radical (unpaired) electrons. The number of aromatic nitrogens is 2. The number of hydrogen-bond acceptors (Lipinski definition) is 3. The van der Waals surface area contributed by atoms with Gasteiger partial charge in [0.25, 0.3) is 0 Å². The van der Waals surface area contributed by atoms with Gasteiger partial charge < -0.3 is 11.1 Å². The van der Waals surface area contributed by atoms with Gasteiger partial charge in [-0.2, -0.15) is 5.10 Å². The Labute approximate surface area is 107 Å². The molecule has 0 bridgehead atoms. The molecule has 1 aliphatic rings. The average Bonchev–Trinajstić information content (AvgIpc) is 2.65. The highest BCUT2D eigenvalue weighted by atomic mass is 35.5. The predicted octanol–water partition coefficient (Wildman–Crippen LogP) is 1.44. The molecule has 1 heterocycles. The van der Waals surface area contributed by atoms with Crippen molar-refractivity contribution in [3.05, 3.63) is 12.4 Å². The molecule has 0 atom stereocenters. The van der Waals surface area contributed by atoms with Crippen molar-refractivity contribution in [2.24, 2.45) is 12.8 Å². The highest BCUT2D eigenvalue weighted by molar-refractivity contribution is 5.97. The Morgan fingerprint density at radius 3 is 2.65 bits per heavy atom. The molecule has 6 heteroatoms. The quantitative estimate of drug-likeness (QED) is 0.843. The van der Waals surface area contributed by atoms with Crippen molar-refractivity contribution in [3.8, 4) is 0 Å². The molecule has 1 saturated carbocycles. The molecule has 3 N–H and O–H groups in total. The Morgan fingerprint density at radius 1 is 1.47 bits per heavy atom. The molecule has 1 amide bonds. The summed E-state index contributed by atoms with van der Waals surface area (Å²) in [6, 6.07) is 0. The third kappa shape index (κ3) is 3.20. The van der Waals surface area contributed by atoms with Crippen molar-refractivity contribution in [3.63, 3.8) is 0 Å². The lowest BCUT2D eigenvalue weighted by molar-refractivity contribution is -0.122. The Balaban J connectivity index is 0.00000144. The van der Waals surface area contributed by atoms with E-state index in [4.69, 9.17) is 5.73 Å². The van der Waals surface area contributed by atoms with Gasteiger partial charge in [-0.3, -0.25) is 9.48 Å². The minimum Gasteiger partial charge on any atom is -0.322 e. The van der Waals surface area contributed by atoms with Crippen molar-refractivity contribution in [1.82, 2.24) is 9.78 Å². The molecule has 0 saturated heterocycles. The highest BCUT2D eigenvalue weighted by Crippen LogP contribution is 2.27. The Morgan fingerprint density at radius 2 is 2.12 bits per heavy atom. The van der Waals surface area contributed by atoms with Crippen LogP contribution in [-0.2, 0) is 11.8 Å². The largest absolute Gasteiger partial charge is 0.322 e. The number of hydrogen-bond donors (Lipinski definition) is 2. The van der Waals surface area contributed by atoms with Crippen LogP contribution in [0.3, 0.4) is 0 Å². The summed E-state index contributed by atoms with van der Waals surface area (Å²) in [6.45, 7) is 0. The summed E-state index contributed by atoms with van der Waals surface area (Å²) in [6.07, 6.45) is 8.21. The topological polar surface area (TPSA) is 72.9 Å². The van der Waals surface area contributed by atoms with Crippen molar-refractivity contribution in [2.45, 2.75) is 37.6 Å². The molecule has 0 unspecified atom stereocenters. The van der Waals surface area contributed by atoms with E-state index < -0.39 is 5.54 Å². The molecule has 1 aromatic rings. The van der Waals surface area contributed by atoms with Crippen molar-refractivity contribution in [2.75, 3.05) is 5.32 Å². The van der Waals surface area contributed by atoms with Crippen LogP contribution in [0.4, 0.5) is 5.69 Å². The number of carbonyl (C=O) groups is 1. The lowest BCUT2D eigenvalue weighted by Gasteiger charge is -2.31. The van der Waals surface area contributed by atoms with E-state index in [1.165, 1.54) is 6.42 Å². The summed E-state index contributed by atoms with van der Waals surface area (Å²) in [5, 5.41) is 6.82. The first-order chi connectivity index (χ1) is 7.60. The van der Waals surface area contributed by atoms with E-state index in [0.29, 0.717) is 5.69 Å². The normalized spacial score (nSPS) is 18.2. The van der Waals surface area contributed by atoms with Crippen molar-refractivity contribution in [1.29, 1.82) is 0 Å². The van der Waals surface area contributed by atoms with E-state index in [0.717, 1.165) is 25.7 Å². The standard InChI is InChI=1S/C11H18N4O.ClH/c1-15-8-9(7-13-15)14-10(16)11(12)5-3-2-4-6-11;/h7-8H,2-6,12H2,1H3,(H,14,16);1H. The van der Waals surface area contributed by atoms with Gasteiger partial charge >= 0.3 is 0 Å². The Bertz CT molecular complexity index is 385. The third-order valence-electron chi connectivity index (χ3n) is 3.16. The minimum atomic E-state index is -0.686. The fourth-order valence-corrected chi connectivity index (χ4v) is 2.15. The van der Waals surface area contributed by atoms with Gasteiger partial charge in [0.15, 0.2) is 0 Å². The summed E-state index contributed by atoms with van der Waals surface area (Å²) in [7, 11) is 1.81. The van der Waals surface area contributed by atoms with Gasteiger partial charge in [-0.1, -0.05) is 19.3 Å². The second-order valence-corrected chi connectivity index (χ2v) is 4.57. The highest BCUT2D eigenvalue weighted by Gasteiger charge is 2.35. The molecule has 1 aliphatic carbocycles. The molecule has 0 aliphatic heterocycles. The maximum Gasteiger partial charge on any atom is 0.244 e. The lowest BCUT2D eigenvalue weighted by Crippen LogP contribution is -2.52. The van der Waals surface area contributed by atoms with Crippen molar-refractivity contribution < 1.29 is 4.79 Å². The van der Waals surface area contributed by atoms with E-state index in [2.05, 4.69) is 10.4 Å². The number of rotatable bonds is 2. The summed E-state index contributed by atoms with van der Waals surface area (Å²) in [4.78, 5) is 12.0. The smallest absolute Gasteiger partial charge is 0.244 e. The van der Waals surface area contributed by atoms with Gasteiger partial charge in [0, 0.05) is 13.2 Å². The molecule has 0 aromatic carbocycles. The van der Waals surface area contributed by atoms with Gasteiger partial charge in [-0.15, -0.1) is 12.4 Å². The van der Waals surface area contributed by atoms with Crippen LogP contribution in [0.5, 0.6) is 0 Å². The third-order valence-corrected chi connectivity index (χ3v) is 3.16. The van der Waals surface area contributed by atoms with Crippen LogP contribution in [0, 0.1) is 0 Å². The number of nitrogens with two attached hydrogens (primary N) is 1. The first kappa shape index (κ1) is 14.0. The monoisotopic (exact) mass is 258 g/mol. The van der Waals surface area contributed by atoms with Crippen LogP contribution in [-0.4, -0.2) is 21.2 Å². The first-order valence-electron chi connectivity index (χ1n) is 5.69. The van der Waals surface area contributed by atoms with Crippen molar-refractivity contribution >= 4 is 24.0 Å². The van der Waals surface area contributed by atoms with Gasteiger partial charge in [-0.25, -0.2) is 0 Å². The van der Waals surface area contributed by atoms with E-state index in [9.17, 15) is 4.79 Å². The summed E-state index contributed by atoms with van der Waals surface area (Å²) >= 11 is 0. The number of aryl methyl sites for hydroxylation is 1. The zero-order chi connectivity index (χ0) is 11.6. The fourth-order valence-electron chi connectivity index (χ4n) is 2.15. The minimum absolute atomic E-state index is 0. The van der Waals surface area contributed by atoms with Crippen LogP contribution >= 0.6 is 12.4 Å². The molecule has 96 valence electrons. The second kappa shape index (κ2) is 5.51. The van der Waals surface area contributed by atoms with Gasteiger partial charge in [0.05, 0.1) is 17.4 Å². The molecule has 2 rings (SSSR count). The van der Waals surface area contributed by atoms with E-state index in [1.54, 1.807) is 17.1 Å². The zero-order valence-electron chi connectivity index (χ0n) is 9.98. The van der Waals surface area contributed by atoms with Gasteiger partial charge in [-0.05, 0) is 12.8 Å². The number of halogens is 1. The predicted molar refractivity (Wildman–Crippen MR) is 69.1 cm³/mol. The SMILES string of the molecule is Cl.Cn1cc(NC(=O)C2(N)CCCCC2)cn1. The van der Waals surface area contributed by atoms with Crippen LogP contribution in [0.1, 0.15) is 32.1 Å². The molecule has 5 nitrogen and oxygen atoms in total. The number of carbonyl (C=O) groups excluding carboxylic acids is 1. The molecule has 1 aromatic heterocycles. The maximum atomic E-state index is 12.0. The maximum absolute atomic E-state index is 12.0. The van der Waals surface area contributed by atoms with Crippen LogP contribution in [0.15, 0.2) is 12.4 Å². The fraction of sp³-hybridized carbons (Fsp3) is 0.636. The second-order valence-electron chi connectivity index (χ2n) is 4.57. The summed E-state index contributed by atoms with van der Waals surface area (Å²) in [5.74, 6) is -0.0831.